The summed E-state index contributed by atoms with van der Waals surface area (Å²) in [5, 5.41) is 3.43. The van der Waals surface area contributed by atoms with Gasteiger partial charge in [-0.15, -0.1) is 0 Å². The van der Waals surface area contributed by atoms with E-state index in [1.807, 2.05) is 11.8 Å². The SMILES string of the molecule is Cc1nc(Cl)c(C=O)c(NCC2CCSC2)n1. The summed E-state index contributed by atoms with van der Waals surface area (Å²) in [4.78, 5) is 19.1. The smallest absolute Gasteiger partial charge is 0.156 e. The zero-order valence-electron chi connectivity index (χ0n) is 9.57. The summed E-state index contributed by atoms with van der Waals surface area (Å²) in [6.07, 6.45) is 1.92. The van der Waals surface area contributed by atoms with Crippen LogP contribution in [0.2, 0.25) is 5.15 Å². The molecule has 1 aromatic rings. The minimum atomic E-state index is 0.218. The van der Waals surface area contributed by atoms with Crippen LogP contribution in [0.5, 0.6) is 0 Å². The molecule has 2 heterocycles. The Morgan fingerprint density at radius 1 is 1.59 bits per heavy atom. The second-order valence-electron chi connectivity index (χ2n) is 4.05. The van der Waals surface area contributed by atoms with Gasteiger partial charge in [-0.3, -0.25) is 4.79 Å². The number of aryl methyl sites for hydroxylation is 1. The van der Waals surface area contributed by atoms with Crippen LogP contribution < -0.4 is 5.32 Å². The zero-order chi connectivity index (χ0) is 12.3. The van der Waals surface area contributed by atoms with E-state index in [4.69, 9.17) is 11.6 Å². The highest BCUT2D eigenvalue weighted by molar-refractivity contribution is 7.99. The number of nitrogens with zero attached hydrogens (tertiary/aromatic N) is 2. The van der Waals surface area contributed by atoms with Crippen molar-refractivity contribution in [3.8, 4) is 0 Å². The molecule has 1 aliphatic rings. The van der Waals surface area contributed by atoms with Crippen molar-refractivity contribution >= 4 is 35.5 Å². The number of aldehydes is 1. The number of halogens is 1. The number of aromatic nitrogens is 2. The summed E-state index contributed by atoms with van der Waals surface area (Å²) in [5.74, 6) is 4.16. The molecule has 17 heavy (non-hydrogen) atoms. The minimum absolute atomic E-state index is 0.218. The Morgan fingerprint density at radius 3 is 3.06 bits per heavy atom. The van der Waals surface area contributed by atoms with Crippen LogP contribution in [0.4, 0.5) is 5.82 Å². The Kier molecular flexibility index (Phi) is 4.23. The predicted octanol–water partition coefficient (Wildman–Crippen LogP) is 2.42. The summed E-state index contributed by atoms with van der Waals surface area (Å²) in [5.41, 5.74) is 0.350. The lowest BCUT2D eigenvalue weighted by molar-refractivity contribution is 0.112. The highest BCUT2D eigenvalue weighted by atomic mass is 35.5. The Bertz CT molecular complexity index is 421. The fourth-order valence-corrected chi connectivity index (χ4v) is 3.31. The summed E-state index contributed by atoms with van der Waals surface area (Å²) < 4.78 is 0. The number of carbonyl (C=O) groups is 1. The average Bonchev–Trinajstić information content (AvgIpc) is 2.78. The van der Waals surface area contributed by atoms with Crippen molar-refractivity contribution in [1.29, 1.82) is 0 Å². The number of nitrogens with one attached hydrogen (secondary N) is 1. The lowest BCUT2D eigenvalue weighted by Gasteiger charge is -2.12. The summed E-state index contributed by atoms with van der Waals surface area (Å²) in [6, 6.07) is 0. The maximum Gasteiger partial charge on any atom is 0.156 e. The zero-order valence-corrected chi connectivity index (χ0v) is 11.1. The highest BCUT2D eigenvalue weighted by Crippen LogP contribution is 2.25. The van der Waals surface area contributed by atoms with E-state index in [1.54, 1.807) is 6.92 Å². The van der Waals surface area contributed by atoms with E-state index in [0.717, 1.165) is 6.54 Å². The van der Waals surface area contributed by atoms with Gasteiger partial charge in [0.15, 0.2) is 6.29 Å². The van der Waals surface area contributed by atoms with Gasteiger partial charge in [0.25, 0.3) is 0 Å². The Hall–Kier alpha value is -0.810. The first-order valence-electron chi connectivity index (χ1n) is 5.51. The predicted molar refractivity (Wildman–Crippen MR) is 71.1 cm³/mol. The number of rotatable bonds is 4. The highest BCUT2D eigenvalue weighted by Gasteiger charge is 2.17. The van der Waals surface area contributed by atoms with Gasteiger partial charge in [-0.2, -0.15) is 11.8 Å². The number of thioether (sulfide) groups is 1. The van der Waals surface area contributed by atoms with E-state index in [0.29, 0.717) is 29.4 Å². The largest absolute Gasteiger partial charge is 0.369 e. The molecule has 1 atom stereocenters. The van der Waals surface area contributed by atoms with Gasteiger partial charge in [-0.1, -0.05) is 11.6 Å². The van der Waals surface area contributed by atoms with Gasteiger partial charge < -0.3 is 5.32 Å². The molecule has 4 nitrogen and oxygen atoms in total. The molecule has 1 N–H and O–H groups in total. The monoisotopic (exact) mass is 271 g/mol. The van der Waals surface area contributed by atoms with Crippen LogP contribution in [0.3, 0.4) is 0 Å². The molecular weight excluding hydrogens is 258 g/mol. The first-order chi connectivity index (χ1) is 8.20. The fourth-order valence-electron chi connectivity index (χ4n) is 1.77. The average molecular weight is 272 g/mol. The second-order valence-corrected chi connectivity index (χ2v) is 5.56. The van der Waals surface area contributed by atoms with Crippen LogP contribution in [0.25, 0.3) is 0 Å². The van der Waals surface area contributed by atoms with Crippen molar-refractivity contribution in [3.05, 3.63) is 16.5 Å². The molecule has 0 bridgehead atoms. The van der Waals surface area contributed by atoms with E-state index < -0.39 is 0 Å². The van der Waals surface area contributed by atoms with Gasteiger partial charge >= 0.3 is 0 Å². The normalized spacial score (nSPS) is 19.3. The van der Waals surface area contributed by atoms with Gasteiger partial charge in [0.1, 0.15) is 16.8 Å². The van der Waals surface area contributed by atoms with Crippen molar-refractivity contribution in [1.82, 2.24) is 9.97 Å². The van der Waals surface area contributed by atoms with Crippen LogP contribution in [0, 0.1) is 12.8 Å². The Balaban J connectivity index is 2.10. The maximum absolute atomic E-state index is 10.9. The summed E-state index contributed by atoms with van der Waals surface area (Å²) in [7, 11) is 0. The Morgan fingerprint density at radius 2 is 2.41 bits per heavy atom. The lowest BCUT2D eigenvalue weighted by Crippen LogP contribution is -2.16. The van der Waals surface area contributed by atoms with Gasteiger partial charge in [-0.25, -0.2) is 9.97 Å². The van der Waals surface area contributed by atoms with Gasteiger partial charge in [-0.05, 0) is 30.8 Å². The first kappa shape index (κ1) is 12.6. The molecule has 92 valence electrons. The van der Waals surface area contributed by atoms with Crippen LogP contribution >= 0.6 is 23.4 Å². The molecular formula is C11H14ClN3OS. The Labute approximate surface area is 110 Å². The molecule has 0 saturated carbocycles. The van der Waals surface area contributed by atoms with E-state index in [-0.39, 0.29) is 5.15 Å². The number of hydrogen-bond acceptors (Lipinski definition) is 5. The lowest BCUT2D eigenvalue weighted by atomic mass is 10.1. The molecule has 0 radical (unpaired) electrons. The van der Waals surface area contributed by atoms with Crippen LogP contribution in [0.1, 0.15) is 22.6 Å². The van der Waals surface area contributed by atoms with Crippen molar-refractivity contribution in [3.63, 3.8) is 0 Å². The molecule has 1 saturated heterocycles. The van der Waals surface area contributed by atoms with E-state index in [1.165, 1.54) is 17.9 Å². The van der Waals surface area contributed by atoms with Crippen molar-refractivity contribution in [2.45, 2.75) is 13.3 Å². The molecule has 1 aliphatic heterocycles. The summed E-state index contributed by atoms with van der Waals surface area (Å²) in [6.45, 7) is 2.59. The van der Waals surface area contributed by atoms with Crippen molar-refractivity contribution in [2.75, 3.05) is 23.4 Å². The third-order valence-electron chi connectivity index (χ3n) is 2.71. The number of carbonyl (C=O) groups excluding carboxylic acids is 1. The molecule has 0 aliphatic carbocycles. The van der Waals surface area contributed by atoms with E-state index in [9.17, 15) is 4.79 Å². The van der Waals surface area contributed by atoms with E-state index in [2.05, 4.69) is 15.3 Å². The third kappa shape index (κ3) is 3.10. The minimum Gasteiger partial charge on any atom is -0.369 e. The van der Waals surface area contributed by atoms with Crippen molar-refractivity contribution in [2.24, 2.45) is 5.92 Å². The number of hydrogen-bond donors (Lipinski definition) is 1. The molecule has 0 spiro atoms. The molecule has 0 aromatic carbocycles. The van der Waals surface area contributed by atoms with Crippen LogP contribution in [-0.4, -0.2) is 34.3 Å². The molecule has 1 aromatic heterocycles. The molecule has 0 amide bonds. The molecule has 1 fully saturated rings. The van der Waals surface area contributed by atoms with Crippen LogP contribution in [-0.2, 0) is 0 Å². The fraction of sp³-hybridized carbons (Fsp3) is 0.545. The standard InChI is InChI=1S/C11H14ClN3OS/c1-7-14-10(12)9(5-16)11(15-7)13-4-8-2-3-17-6-8/h5,8H,2-4,6H2,1H3,(H,13,14,15). The summed E-state index contributed by atoms with van der Waals surface area (Å²) >= 11 is 7.87. The van der Waals surface area contributed by atoms with Gasteiger partial charge in [0.2, 0.25) is 0 Å². The number of anilines is 1. The molecule has 2 rings (SSSR count). The van der Waals surface area contributed by atoms with Gasteiger partial charge in [0.05, 0.1) is 5.56 Å². The van der Waals surface area contributed by atoms with Gasteiger partial charge in [0, 0.05) is 6.54 Å². The maximum atomic E-state index is 10.9. The van der Waals surface area contributed by atoms with Crippen LogP contribution in [0.15, 0.2) is 0 Å². The second kappa shape index (κ2) is 5.69. The van der Waals surface area contributed by atoms with E-state index >= 15 is 0 Å². The first-order valence-corrected chi connectivity index (χ1v) is 7.05. The van der Waals surface area contributed by atoms with Crippen molar-refractivity contribution < 1.29 is 4.79 Å². The quantitative estimate of drug-likeness (QED) is 0.673. The third-order valence-corrected chi connectivity index (χ3v) is 4.23. The topological polar surface area (TPSA) is 54.9 Å². The molecule has 6 heteroatoms. The molecule has 1 unspecified atom stereocenters.